The van der Waals surface area contributed by atoms with Gasteiger partial charge in [0.25, 0.3) is 0 Å². The molecule has 2 aliphatic rings. The smallest absolute Gasteiger partial charge is 0.0543 e. The lowest BCUT2D eigenvalue weighted by molar-refractivity contribution is 1.08. The van der Waals surface area contributed by atoms with Gasteiger partial charge < -0.3 is 0 Å². The Labute approximate surface area is 52.8 Å². The molecule has 0 spiro atoms. The quantitative estimate of drug-likeness (QED) is 0.472. The van der Waals surface area contributed by atoms with Crippen LogP contribution in [0.15, 0.2) is 23.5 Å². The monoisotopic (exact) mass is 124 g/mol. The van der Waals surface area contributed by atoms with E-state index < -0.39 is 0 Å². The van der Waals surface area contributed by atoms with E-state index in [0.717, 1.165) is 5.75 Å². The van der Waals surface area contributed by atoms with E-state index in [1.54, 1.807) is 0 Å². The summed E-state index contributed by atoms with van der Waals surface area (Å²) in [5.74, 6) is 2.30. The number of hydrogen-bond donors (Lipinski definition) is 0. The molecule has 0 aromatic heterocycles. The van der Waals surface area contributed by atoms with Gasteiger partial charge in [0.1, 0.15) is 0 Å². The number of hydrogen-bond acceptors (Lipinski definition) is 1. The van der Waals surface area contributed by atoms with Gasteiger partial charge in [0.15, 0.2) is 0 Å². The van der Waals surface area contributed by atoms with E-state index in [1.807, 2.05) is 18.0 Å². The Kier molecular flexibility index (Phi) is 0.875. The van der Waals surface area contributed by atoms with E-state index in [1.165, 1.54) is 17.0 Å². The average molecular weight is 124 g/mol. The van der Waals surface area contributed by atoms with Crippen LogP contribution < -0.4 is 5.32 Å². The predicted octanol–water partition coefficient (Wildman–Crippen LogP) is 1.12. The Morgan fingerprint density at radius 2 is 2.50 bits per heavy atom. The van der Waals surface area contributed by atoms with Crippen LogP contribution in [0.4, 0.5) is 0 Å². The molecule has 0 aliphatic carbocycles. The Morgan fingerprint density at radius 1 is 1.50 bits per heavy atom. The van der Waals surface area contributed by atoms with Gasteiger partial charge in [0.05, 0.1) is 5.70 Å². The van der Waals surface area contributed by atoms with E-state index >= 15 is 0 Å². The maximum absolute atomic E-state index is 4.18. The Hall–Kier alpha value is -0.370. The zero-order valence-corrected chi connectivity index (χ0v) is 5.24. The zero-order chi connectivity index (χ0) is 5.40. The first kappa shape index (κ1) is 4.50. The summed E-state index contributed by atoms with van der Waals surface area (Å²) in [4.78, 5) is 0. The molecule has 8 heavy (non-hydrogen) atoms. The van der Waals surface area contributed by atoms with Crippen molar-refractivity contribution in [3.63, 3.8) is 0 Å². The molecule has 0 fully saturated rings. The van der Waals surface area contributed by atoms with Crippen LogP contribution in [0.2, 0.25) is 0 Å². The van der Waals surface area contributed by atoms with E-state index in [0.29, 0.717) is 0 Å². The van der Waals surface area contributed by atoms with Crippen molar-refractivity contribution < 1.29 is 0 Å². The van der Waals surface area contributed by atoms with Crippen LogP contribution in [0.3, 0.4) is 0 Å². The van der Waals surface area contributed by atoms with Crippen molar-refractivity contribution >= 4 is 11.8 Å². The molecule has 0 aromatic carbocycles. The fourth-order valence-corrected chi connectivity index (χ4v) is 1.95. The lowest BCUT2D eigenvalue weighted by atomic mass is 10.3. The molecule has 1 nitrogen and oxygen atoms in total. The molecule has 0 unspecified atom stereocenters. The topological polar surface area (TPSA) is 14.1 Å². The highest BCUT2D eigenvalue weighted by molar-refractivity contribution is 7.99. The van der Waals surface area contributed by atoms with Gasteiger partial charge in [0.2, 0.25) is 0 Å². The summed E-state index contributed by atoms with van der Waals surface area (Å²) < 4.78 is 0. The first-order chi connectivity index (χ1) is 3.97. The van der Waals surface area contributed by atoms with Gasteiger partial charge in [0, 0.05) is 17.7 Å². The van der Waals surface area contributed by atoms with Crippen molar-refractivity contribution in [1.82, 2.24) is 5.32 Å². The summed E-state index contributed by atoms with van der Waals surface area (Å²) in [7, 11) is 0. The SMILES string of the molecule is C1=CC2=C(CSC2)[N]1. The lowest BCUT2D eigenvalue weighted by Gasteiger charge is -1.88. The maximum atomic E-state index is 4.18. The summed E-state index contributed by atoms with van der Waals surface area (Å²) in [6.07, 6.45) is 4.00. The molecule has 1 radical (unpaired) electrons. The molecule has 0 atom stereocenters. The minimum absolute atomic E-state index is 1.13. The molecule has 0 saturated heterocycles. The largest absolute Gasteiger partial charge is 0.260 e. The second-order valence-corrected chi connectivity index (χ2v) is 2.90. The van der Waals surface area contributed by atoms with E-state index in [2.05, 4.69) is 11.4 Å². The fourth-order valence-electron chi connectivity index (χ4n) is 0.915. The van der Waals surface area contributed by atoms with Crippen molar-refractivity contribution in [2.45, 2.75) is 0 Å². The number of nitrogens with zero attached hydrogens (tertiary/aromatic N) is 1. The zero-order valence-electron chi connectivity index (χ0n) is 4.42. The molecule has 2 heteroatoms. The molecular formula is C6H6NS. The second kappa shape index (κ2) is 1.55. The van der Waals surface area contributed by atoms with Crippen LogP contribution in [0.1, 0.15) is 0 Å². The van der Waals surface area contributed by atoms with Crippen molar-refractivity contribution in [2.24, 2.45) is 0 Å². The van der Waals surface area contributed by atoms with Gasteiger partial charge in [-0.2, -0.15) is 11.8 Å². The highest BCUT2D eigenvalue weighted by Crippen LogP contribution is 2.27. The maximum Gasteiger partial charge on any atom is 0.0543 e. The molecule has 2 aliphatic heterocycles. The van der Waals surface area contributed by atoms with Crippen molar-refractivity contribution in [1.29, 1.82) is 0 Å². The van der Waals surface area contributed by atoms with Crippen molar-refractivity contribution in [3.8, 4) is 0 Å². The fraction of sp³-hybridized carbons (Fsp3) is 0.333. The van der Waals surface area contributed by atoms with Crippen LogP contribution in [-0.4, -0.2) is 11.5 Å². The van der Waals surface area contributed by atoms with Crippen LogP contribution in [-0.2, 0) is 0 Å². The minimum Gasteiger partial charge on any atom is -0.260 e. The molecule has 0 N–H and O–H groups in total. The third-order valence-corrected chi connectivity index (χ3v) is 2.37. The molecule has 0 amide bonds. The first-order valence-corrected chi connectivity index (χ1v) is 3.79. The van der Waals surface area contributed by atoms with Gasteiger partial charge in [-0.05, 0) is 11.6 Å². The van der Waals surface area contributed by atoms with Gasteiger partial charge >= 0.3 is 0 Å². The first-order valence-electron chi connectivity index (χ1n) is 2.64. The van der Waals surface area contributed by atoms with E-state index in [9.17, 15) is 0 Å². The molecular weight excluding hydrogens is 118 g/mol. The van der Waals surface area contributed by atoms with Gasteiger partial charge in [-0.25, -0.2) is 0 Å². The Morgan fingerprint density at radius 3 is 3.38 bits per heavy atom. The molecule has 2 heterocycles. The van der Waals surface area contributed by atoms with Crippen LogP contribution in [0.25, 0.3) is 0 Å². The van der Waals surface area contributed by atoms with Crippen LogP contribution in [0, 0.1) is 0 Å². The summed E-state index contributed by atoms with van der Waals surface area (Å²) in [5, 5.41) is 4.18. The third-order valence-electron chi connectivity index (χ3n) is 1.37. The molecule has 41 valence electrons. The normalized spacial score (nSPS) is 24.0. The summed E-state index contributed by atoms with van der Waals surface area (Å²) in [5.41, 5.74) is 2.74. The van der Waals surface area contributed by atoms with Crippen molar-refractivity contribution in [2.75, 3.05) is 11.5 Å². The minimum atomic E-state index is 1.13. The van der Waals surface area contributed by atoms with Gasteiger partial charge in [-0.3, -0.25) is 5.32 Å². The summed E-state index contributed by atoms with van der Waals surface area (Å²) in [6, 6.07) is 0. The highest BCUT2D eigenvalue weighted by atomic mass is 32.2. The standard InChI is InChI=1S/C6H6NS/c1-2-7-6-4-8-3-5(1)6/h1-2H,3-4H2. The lowest BCUT2D eigenvalue weighted by Crippen LogP contribution is -1.91. The predicted molar refractivity (Wildman–Crippen MR) is 35.6 cm³/mol. The Bertz CT molecular complexity index is 169. The van der Waals surface area contributed by atoms with Gasteiger partial charge in [-0.15, -0.1) is 0 Å². The highest BCUT2D eigenvalue weighted by Gasteiger charge is 2.15. The number of thioether (sulfide) groups is 1. The van der Waals surface area contributed by atoms with Crippen LogP contribution in [0.5, 0.6) is 0 Å². The second-order valence-electron chi connectivity index (χ2n) is 1.91. The van der Waals surface area contributed by atoms with Crippen LogP contribution >= 0.6 is 11.8 Å². The molecule has 0 bridgehead atoms. The third kappa shape index (κ3) is 0.494. The summed E-state index contributed by atoms with van der Waals surface area (Å²) in [6.45, 7) is 0. The molecule has 2 rings (SSSR count). The van der Waals surface area contributed by atoms with E-state index in [4.69, 9.17) is 0 Å². The van der Waals surface area contributed by atoms with Gasteiger partial charge in [-0.1, -0.05) is 0 Å². The molecule has 0 saturated carbocycles. The molecule has 0 aromatic rings. The van der Waals surface area contributed by atoms with E-state index in [-0.39, 0.29) is 0 Å². The number of allylic oxidation sites excluding steroid dienone is 1. The Balaban J connectivity index is 2.33. The number of rotatable bonds is 0. The van der Waals surface area contributed by atoms with Crippen molar-refractivity contribution in [3.05, 3.63) is 23.5 Å². The average Bonchev–Trinajstić information content (AvgIpc) is 2.15. The summed E-state index contributed by atoms with van der Waals surface area (Å²) >= 11 is 1.95.